The van der Waals surface area contributed by atoms with Crippen LogP contribution in [-0.4, -0.2) is 12.4 Å². The summed E-state index contributed by atoms with van der Waals surface area (Å²) in [4.78, 5) is 1.24. The van der Waals surface area contributed by atoms with Crippen LogP contribution >= 0.6 is 11.8 Å². The molecule has 172 valence electrons. The van der Waals surface area contributed by atoms with Crippen LogP contribution in [0.1, 0.15) is 94.4 Å². The fraction of sp³-hybridized carbons (Fsp3) is 0.448. The van der Waals surface area contributed by atoms with Crippen LogP contribution in [-0.2, 0) is 0 Å². The molecule has 3 rings (SSSR count). The van der Waals surface area contributed by atoms with E-state index in [9.17, 15) is 10.5 Å². The first-order valence-corrected chi connectivity index (χ1v) is 13.1. The largest absolute Gasteiger partial charge is 0.493 e. The summed E-state index contributed by atoms with van der Waals surface area (Å²) >= 11 is 1.82. The van der Waals surface area contributed by atoms with E-state index < -0.39 is 0 Å². The Balaban J connectivity index is 2.25. The predicted octanol–water partition coefficient (Wildman–Crippen LogP) is 8.48. The molecule has 2 aromatic carbocycles. The van der Waals surface area contributed by atoms with Crippen molar-refractivity contribution in [1.29, 1.82) is 10.5 Å². The molecule has 0 atom stereocenters. The molecule has 3 nitrogen and oxygen atoms in total. The number of unbranched alkanes of at least 4 members (excludes halogenated alkanes) is 3. The maximum absolute atomic E-state index is 10.1. The molecule has 0 heterocycles. The lowest BCUT2D eigenvalue weighted by molar-refractivity contribution is 0.308. The van der Waals surface area contributed by atoms with E-state index in [1.165, 1.54) is 23.3 Å². The van der Waals surface area contributed by atoms with Crippen LogP contribution in [0.4, 0.5) is 0 Å². The van der Waals surface area contributed by atoms with Gasteiger partial charge < -0.3 is 4.74 Å². The minimum atomic E-state index is 0.339. The Kier molecular flexibility index (Phi) is 9.04. The van der Waals surface area contributed by atoms with E-state index in [1.807, 2.05) is 17.8 Å². The summed E-state index contributed by atoms with van der Waals surface area (Å²) in [5.74, 6) is 2.18. The van der Waals surface area contributed by atoms with Gasteiger partial charge in [0.2, 0.25) is 0 Å². The fourth-order valence-electron chi connectivity index (χ4n) is 4.35. The van der Waals surface area contributed by atoms with Gasteiger partial charge in [-0.25, -0.2) is 0 Å². The average Bonchev–Trinajstić information content (AvgIpc) is 2.82. The molecule has 1 aliphatic rings. The summed E-state index contributed by atoms with van der Waals surface area (Å²) in [7, 11) is 0. The van der Waals surface area contributed by atoms with Crippen molar-refractivity contribution in [3.05, 3.63) is 57.5 Å². The van der Waals surface area contributed by atoms with E-state index in [0.29, 0.717) is 23.7 Å². The van der Waals surface area contributed by atoms with Crippen LogP contribution in [0.5, 0.6) is 5.75 Å². The third-order valence-electron chi connectivity index (χ3n) is 6.09. The van der Waals surface area contributed by atoms with Crippen LogP contribution in [0.25, 0.3) is 16.3 Å². The van der Waals surface area contributed by atoms with Crippen molar-refractivity contribution in [3.8, 4) is 17.9 Å². The topological polar surface area (TPSA) is 56.8 Å². The Morgan fingerprint density at radius 1 is 1.06 bits per heavy atom. The SMILES string of the molecule is CCCCCCOc1cc(C(C)C)cc2cc(C#N)c(C#N)c(C3=CC(SCC)=CCC3)c12. The zero-order chi connectivity index (χ0) is 23.8. The highest BCUT2D eigenvalue weighted by atomic mass is 32.2. The molecule has 0 aliphatic heterocycles. The van der Waals surface area contributed by atoms with Gasteiger partial charge in [0, 0.05) is 15.9 Å². The van der Waals surface area contributed by atoms with Gasteiger partial charge in [-0.2, -0.15) is 10.5 Å². The van der Waals surface area contributed by atoms with Crippen LogP contribution in [0.3, 0.4) is 0 Å². The van der Waals surface area contributed by atoms with Crippen molar-refractivity contribution in [2.24, 2.45) is 0 Å². The van der Waals surface area contributed by atoms with E-state index >= 15 is 0 Å². The van der Waals surface area contributed by atoms with Gasteiger partial charge in [0.25, 0.3) is 0 Å². The van der Waals surface area contributed by atoms with Gasteiger partial charge in [-0.05, 0) is 65.7 Å². The zero-order valence-corrected chi connectivity index (χ0v) is 21.1. The highest BCUT2D eigenvalue weighted by molar-refractivity contribution is 8.03. The molecule has 33 heavy (non-hydrogen) atoms. The first-order chi connectivity index (χ1) is 16.0. The number of hydrogen-bond donors (Lipinski definition) is 0. The monoisotopic (exact) mass is 458 g/mol. The Bertz CT molecular complexity index is 1150. The van der Waals surface area contributed by atoms with Crippen molar-refractivity contribution in [3.63, 3.8) is 0 Å². The lowest BCUT2D eigenvalue weighted by atomic mass is 9.85. The fourth-order valence-corrected chi connectivity index (χ4v) is 5.14. The average molecular weight is 459 g/mol. The first kappa shape index (κ1) is 24.9. The smallest absolute Gasteiger partial charge is 0.128 e. The summed E-state index contributed by atoms with van der Waals surface area (Å²) in [5, 5.41) is 21.9. The van der Waals surface area contributed by atoms with Gasteiger partial charge in [0.15, 0.2) is 0 Å². The zero-order valence-electron chi connectivity index (χ0n) is 20.3. The molecule has 0 fully saturated rings. The number of allylic oxidation sites excluding steroid dienone is 3. The van der Waals surface area contributed by atoms with Gasteiger partial charge in [0.1, 0.15) is 17.9 Å². The van der Waals surface area contributed by atoms with Gasteiger partial charge in [0.05, 0.1) is 17.7 Å². The summed E-state index contributed by atoms with van der Waals surface area (Å²) in [6, 6.07) is 10.8. The summed E-state index contributed by atoms with van der Waals surface area (Å²) in [6.45, 7) is 9.36. The van der Waals surface area contributed by atoms with Gasteiger partial charge in [-0.1, -0.05) is 59.1 Å². The van der Waals surface area contributed by atoms with Crippen molar-refractivity contribution < 1.29 is 4.74 Å². The Morgan fingerprint density at radius 2 is 1.88 bits per heavy atom. The molecule has 0 unspecified atom stereocenters. The van der Waals surface area contributed by atoms with Crippen LogP contribution < -0.4 is 4.74 Å². The normalized spacial score (nSPS) is 13.4. The summed E-state index contributed by atoms with van der Waals surface area (Å²) in [6.07, 6.45) is 10.8. The maximum atomic E-state index is 10.1. The van der Waals surface area contributed by atoms with E-state index in [2.05, 4.69) is 64.1 Å². The van der Waals surface area contributed by atoms with Gasteiger partial charge >= 0.3 is 0 Å². The predicted molar refractivity (Wildman–Crippen MR) is 141 cm³/mol. The minimum Gasteiger partial charge on any atom is -0.493 e. The van der Waals surface area contributed by atoms with Crippen LogP contribution in [0.2, 0.25) is 0 Å². The quantitative estimate of drug-likeness (QED) is 0.335. The molecule has 0 spiro atoms. The van der Waals surface area contributed by atoms with E-state index in [1.54, 1.807) is 0 Å². The molecular weight excluding hydrogens is 424 g/mol. The molecule has 0 N–H and O–H groups in total. The molecular formula is C29H34N2OS. The van der Waals surface area contributed by atoms with Crippen molar-refractivity contribution >= 4 is 28.1 Å². The second kappa shape index (κ2) is 12.0. The molecule has 0 amide bonds. The molecule has 0 bridgehead atoms. The van der Waals surface area contributed by atoms with Crippen LogP contribution in [0.15, 0.2) is 35.3 Å². The second-order valence-corrected chi connectivity index (χ2v) is 10.2. The number of benzene rings is 2. The lowest BCUT2D eigenvalue weighted by Gasteiger charge is -2.21. The van der Waals surface area contributed by atoms with Crippen molar-refractivity contribution in [2.75, 3.05) is 12.4 Å². The highest BCUT2D eigenvalue weighted by Crippen LogP contribution is 2.42. The van der Waals surface area contributed by atoms with E-state index in [4.69, 9.17) is 4.74 Å². The number of nitriles is 2. The maximum Gasteiger partial charge on any atom is 0.128 e. The second-order valence-electron chi connectivity index (χ2n) is 8.83. The van der Waals surface area contributed by atoms with Gasteiger partial charge in [-0.3, -0.25) is 0 Å². The molecule has 1 aliphatic carbocycles. The van der Waals surface area contributed by atoms with E-state index in [0.717, 1.165) is 59.1 Å². The Labute approximate surface area is 203 Å². The van der Waals surface area contributed by atoms with Crippen molar-refractivity contribution in [2.45, 2.75) is 72.1 Å². The number of hydrogen-bond acceptors (Lipinski definition) is 4. The molecule has 2 aromatic rings. The summed E-state index contributed by atoms with van der Waals surface area (Å²) < 4.78 is 6.40. The third kappa shape index (κ3) is 5.82. The molecule has 4 heteroatoms. The number of rotatable bonds is 10. The first-order valence-electron chi connectivity index (χ1n) is 12.2. The Morgan fingerprint density at radius 3 is 2.55 bits per heavy atom. The number of fused-ring (bicyclic) bond motifs is 1. The molecule has 0 saturated heterocycles. The van der Waals surface area contributed by atoms with E-state index in [-0.39, 0.29) is 0 Å². The van der Waals surface area contributed by atoms with Crippen molar-refractivity contribution in [1.82, 2.24) is 0 Å². The minimum absolute atomic E-state index is 0.339. The Hall–Kier alpha value is -2.69. The van der Waals surface area contributed by atoms with Gasteiger partial charge in [-0.15, -0.1) is 11.8 Å². The number of thioether (sulfide) groups is 1. The number of ether oxygens (including phenoxy) is 1. The molecule has 0 saturated carbocycles. The van der Waals surface area contributed by atoms with Crippen LogP contribution in [0, 0.1) is 22.7 Å². The number of nitrogens with zero attached hydrogens (tertiary/aromatic N) is 2. The summed E-state index contributed by atoms with van der Waals surface area (Å²) in [5.41, 5.74) is 4.10. The third-order valence-corrected chi connectivity index (χ3v) is 6.99. The standard InChI is InChI=1S/C29H34N2OS/c1-5-7-8-9-13-32-27-17-22(20(3)4)14-23-15-24(18-30)26(19-31)28(29(23)27)21-11-10-12-25(16-21)33-6-2/h12,14-17,20H,5-11,13H2,1-4H3. The molecule has 0 aromatic heterocycles. The molecule has 0 radical (unpaired) electrons. The lowest BCUT2D eigenvalue weighted by Crippen LogP contribution is -2.04. The highest BCUT2D eigenvalue weighted by Gasteiger charge is 2.22.